The second-order valence-electron chi connectivity index (χ2n) is 7.65. The molecular formula is C19H27FN6O3S. The first-order valence-electron chi connectivity index (χ1n) is 9.86. The van der Waals surface area contributed by atoms with Crippen molar-refractivity contribution >= 4 is 15.9 Å². The van der Waals surface area contributed by atoms with Crippen molar-refractivity contribution in [3.05, 3.63) is 41.5 Å². The quantitative estimate of drug-likeness (QED) is 0.689. The predicted octanol–water partition coefficient (Wildman–Crippen LogP) is 0.870. The molecule has 164 valence electrons. The number of carbonyl (C=O) groups excluding carboxylic acids is 1. The highest BCUT2D eigenvalue weighted by Crippen LogP contribution is 2.22. The van der Waals surface area contributed by atoms with E-state index >= 15 is 0 Å². The fourth-order valence-corrected chi connectivity index (χ4v) is 4.93. The number of hydrogen-bond acceptors (Lipinski definition) is 6. The van der Waals surface area contributed by atoms with Crippen molar-refractivity contribution in [1.82, 2.24) is 29.5 Å². The van der Waals surface area contributed by atoms with Crippen LogP contribution in [-0.4, -0.2) is 77.3 Å². The van der Waals surface area contributed by atoms with Crippen molar-refractivity contribution in [1.29, 1.82) is 0 Å². The summed E-state index contributed by atoms with van der Waals surface area (Å²) in [5, 5.41) is 10.6. The Kier molecular flexibility index (Phi) is 6.84. The number of benzene rings is 1. The van der Waals surface area contributed by atoms with Crippen molar-refractivity contribution in [2.24, 2.45) is 0 Å². The van der Waals surface area contributed by atoms with Gasteiger partial charge in [0.05, 0.1) is 17.6 Å². The second kappa shape index (κ2) is 9.19. The van der Waals surface area contributed by atoms with Crippen LogP contribution in [0.2, 0.25) is 0 Å². The number of nitrogens with zero attached hydrogens (tertiary/aromatic N) is 5. The van der Waals surface area contributed by atoms with Crippen molar-refractivity contribution < 1.29 is 17.6 Å². The number of aromatic nitrogens is 3. The number of carbonyl (C=O) groups is 1. The van der Waals surface area contributed by atoms with Gasteiger partial charge in [0, 0.05) is 38.8 Å². The molecule has 0 bridgehead atoms. The molecule has 1 aromatic carbocycles. The fraction of sp³-hybridized carbons (Fsp3) is 0.526. The Morgan fingerprint density at radius 1 is 1.20 bits per heavy atom. The van der Waals surface area contributed by atoms with Gasteiger partial charge in [-0.15, -0.1) is 5.10 Å². The molecule has 2 aromatic rings. The summed E-state index contributed by atoms with van der Waals surface area (Å²) < 4.78 is 42.3. The largest absolute Gasteiger partial charge is 0.348 e. The topological polar surface area (TPSA) is 100 Å². The highest BCUT2D eigenvalue weighted by Gasteiger charge is 2.29. The van der Waals surface area contributed by atoms with Crippen LogP contribution in [0.1, 0.15) is 29.9 Å². The van der Waals surface area contributed by atoms with Gasteiger partial charge in [-0.25, -0.2) is 12.8 Å². The van der Waals surface area contributed by atoms with Gasteiger partial charge in [0.1, 0.15) is 5.82 Å². The molecule has 2 heterocycles. The summed E-state index contributed by atoms with van der Waals surface area (Å²) in [7, 11) is -3.73. The van der Waals surface area contributed by atoms with Crippen molar-refractivity contribution in [2.75, 3.05) is 32.7 Å². The number of halogens is 1. The van der Waals surface area contributed by atoms with E-state index < -0.39 is 15.8 Å². The standard InChI is InChI=1S/C19H27FN6O3S/c1-14(2)21-19(27)17-13-25(23-22-17)9-6-24-7-10-26(11-8-24)30(28,29)18-12-16(20)5-4-15(18)3/h4-5,12-14H,6-11H2,1-3H3,(H,21,27). The molecule has 0 radical (unpaired) electrons. The third kappa shape index (κ3) is 5.21. The first-order valence-corrected chi connectivity index (χ1v) is 11.3. The van der Waals surface area contributed by atoms with E-state index in [1.165, 1.54) is 16.4 Å². The molecule has 1 aromatic heterocycles. The van der Waals surface area contributed by atoms with E-state index in [0.717, 1.165) is 6.07 Å². The van der Waals surface area contributed by atoms with E-state index in [4.69, 9.17) is 0 Å². The number of nitrogens with one attached hydrogen (secondary N) is 1. The average molecular weight is 439 g/mol. The van der Waals surface area contributed by atoms with Gasteiger partial charge in [-0.05, 0) is 38.5 Å². The van der Waals surface area contributed by atoms with Crippen LogP contribution in [0.5, 0.6) is 0 Å². The van der Waals surface area contributed by atoms with Gasteiger partial charge < -0.3 is 5.32 Å². The minimum absolute atomic E-state index is 0.0192. The lowest BCUT2D eigenvalue weighted by atomic mass is 10.2. The zero-order valence-electron chi connectivity index (χ0n) is 17.4. The molecule has 30 heavy (non-hydrogen) atoms. The Labute approximate surface area is 175 Å². The van der Waals surface area contributed by atoms with Crippen molar-refractivity contribution in [2.45, 2.75) is 38.3 Å². The molecule has 0 saturated carbocycles. The lowest BCUT2D eigenvalue weighted by Gasteiger charge is -2.34. The Morgan fingerprint density at radius 2 is 1.90 bits per heavy atom. The average Bonchev–Trinajstić information content (AvgIpc) is 3.17. The summed E-state index contributed by atoms with van der Waals surface area (Å²) in [6, 6.07) is 3.83. The highest BCUT2D eigenvalue weighted by molar-refractivity contribution is 7.89. The van der Waals surface area contributed by atoms with Crippen LogP contribution in [0.4, 0.5) is 4.39 Å². The molecule has 1 aliphatic rings. The number of hydrogen-bond donors (Lipinski definition) is 1. The molecule has 0 spiro atoms. The summed E-state index contributed by atoms with van der Waals surface area (Å²) >= 11 is 0. The Balaban J connectivity index is 1.53. The molecule has 1 N–H and O–H groups in total. The fourth-order valence-electron chi connectivity index (χ4n) is 3.28. The van der Waals surface area contributed by atoms with Gasteiger partial charge in [0.2, 0.25) is 10.0 Å². The van der Waals surface area contributed by atoms with Crippen LogP contribution in [0.15, 0.2) is 29.3 Å². The van der Waals surface area contributed by atoms with Crippen LogP contribution in [0, 0.1) is 12.7 Å². The number of aryl methyl sites for hydroxylation is 1. The molecule has 0 unspecified atom stereocenters. The number of amides is 1. The predicted molar refractivity (Wildman–Crippen MR) is 109 cm³/mol. The lowest BCUT2D eigenvalue weighted by Crippen LogP contribution is -2.49. The Hall–Kier alpha value is -2.37. The van der Waals surface area contributed by atoms with Gasteiger partial charge in [-0.1, -0.05) is 11.3 Å². The highest BCUT2D eigenvalue weighted by atomic mass is 32.2. The van der Waals surface area contributed by atoms with E-state index in [-0.39, 0.29) is 22.5 Å². The molecule has 0 aliphatic carbocycles. The van der Waals surface area contributed by atoms with E-state index in [2.05, 4.69) is 20.5 Å². The molecular weight excluding hydrogens is 411 g/mol. The summed E-state index contributed by atoms with van der Waals surface area (Å²) in [6.07, 6.45) is 1.60. The van der Waals surface area contributed by atoms with Gasteiger partial charge >= 0.3 is 0 Å². The van der Waals surface area contributed by atoms with E-state index in [1.54, 1.807) is 17.8 Å². The maximum absolute atomic E-state index is 13.6. The van der Waals surface area contributed by atoms with Gasteiger partial charge in [0.15, 0.2) is 5.69 Å². The van der Waals surface area contributed by atoms with E-state index in [1.807, 2.05) is 13.8 Å². The molecule has 1 amide bonds. The lowest BCUT2D eigenvalue weighted by molar-refractivity contribution is 0.0938. The van der Waals surface area contributed by atoms with Crippen LogP contribution in [-0.2, 0) is 16.6 Å². The van der Waals surface area contributed by atoms with Gasteiger partial charge in [-0.2, -0.15) is 4.31 Å². The third-order valence-corrected chi connectivity index (χ3v) is 6.98. The monoisotopic (exact) mass is 438 g/mol. The summed E-state index contributed by atoms with van der Waals surface area (Å²) in [5.74, 6) is -0.824. The smallest absolute Gasteiger partial charge is 0.273 e. The molecule has 3 rings (SSSR count). The summed E-state index contributed by atoms with van der Waals surface area (Å²) in [6.45, 7) is 8.38. The minimum atomic E-state index is -3.73. The maximum atomic E-state index is 13.6. The second-order valence-corrected chi connectivity index (χ2v) is 9.56. The minimum Gasteiger partial charge on any atom is -0.348 e. The molecule has 9 nitrogen and oxygen atoms in total. The Morgan fingerprint density at radius 3 is 2.57 bits per heavy atom. The third-order valence-electron chi connectivity index (χ3n) is 4.94. The number of sulfonamides is 1. The molecule has 11 heteroatoms. The normalized spacial score (nSPS) is 16.2. The van der Waals surface area contributed by atoms with Crippen LogP contribution in [0.25, 0.3) is 0 Å². The van der Waals surface area contributed by atoms with Crippen molar-refractivity contribution in [3.8, 4) is 0 Å². The van der Waals surface area contributed by atoms with Gasteiger partial charge in [-0.3, -0.25) is 14.4 Å². The molecule has 1 aliphatic heterocycles. The summed E-state index contributed by atoms with van der Waals surface area (Å²) in [4.78, 5) is 14.1. The number of rotatable bonds is 7. The molecule has 1 saturated heterocycles. The van der Waals surface area contributed by atoms with E-state index in [9.17, 15) is 17.6 Å². The number of piperazine rings is 1. The summed E-state index contributed by atoms with van der Waals surface area (Å²) in [5.41, 5.74) is 0.799. The van der Waals surface area contributed by atoms with Crippen LogP contribution < -0.4 is 5.32 Å². The maximum Gasteiger partial charge on any atom is 0.273 e. The van der Waals surface area contributed by atoms with Crippen LogP contribution >= 0.6 is 0 Å². The molecule has 0 atom stereocenters. The van der Waals surface area contributed by atoms with E-state index in [0.29, 0.717) is 44.8 Å². The van der Waals surface area contributed by atoms with Crippen molar-refractivity contribution in [3.63, 3.8) is 0 Å². The van der Waals surface area contributed by atoms with Gasteiger partial charge in [0.25, 0.3) is 5.91 Å². The Bertz CT molecular complexity index is 999. The zero-order chi connectivity index (χ0) is 21.9. The zero-order valence-corrected chi connectivity index (χ0v) is 18.2. The van der Waals surface area contributed by atoms with Crippen LogP contribution in [0.3, 0.4) is 0 Å². The first-order chi connectivity index (χ1) is 14.2. The SMILES string of the molecule is Cc1ccc(F)cc1S(=O)(=O)N1CCN(CCn2cc(C(=O)NC(C)C)nn2)CC1. The first kappa shape index (κ1) is 22.3. The molecule has 1 fully saturated rings.